The molecule has 0 saturated carbocycles. The first-order valence-electron chi connectivity index (χ1n) is 15.7. The minimum atomic E-state index is -0.0456. The monoisotopic (exact) mass is 585 g/mol. The van der Waals surface area contributed by atoms with E-state index < -0.39 is 0 Å². The van der Waals surface area contributed by atoms with E-state index in [0.29, 0.717) is 25.9 Å². The zero-order chi connectivity index (χ0) is 31.1. The molecule has 0 unspecified atom stereocenters. The van der Waals surface area contributed by atoms with E-state index in [4.69, 9.17) is 5.10 Å². The second kappa shape index (κ2) is 13.9. The Hall–Kier alpha value is -4.51. The van der Waals surface area contributed by atoms with E-state index in [1.54, 1.807) is 9.25 Å². The number of rotatable bonds is 12. The average Bonchev–Trinajstić information content (AvgIpc) is 3.31. The van der Waals surface area contributed by atoms with Crippen molar-refractivity contribution in [3.8, 4) is 11.1 Å². The van der Waals surface area contributed by atoms with Crippen LogP contribution in [0, 0.1) is 0 Å². The van der Waals surface area contributed by atoms with E-state index >= 15 is 0 Å². The van der Waals surface area contributed by atoms with Crippen LogP contribution >= 0.6 is 0 Å². The fraction of sp³-hybridized carbons (Fsp3) is 0.308. The Balaban J connectivity index is 1.17. The van der Waals surface area contributed by atoms with Crippen molar-refractivity contribution < 1.29 is 4.79 Å². The number of hydrogen-bond acceptors (Lipinski definition) is 3. The molecule has 0 aliphatic rings. The second-order valence-electron chi connectivity index (χ2n) is 12.7. The molecular weight excluding hydrogens is 542 g/mol. The van der Waals surface area contributed by atoms with Crippen LogP contribution in [0.2, 0.25) is 0 Å². The molecule has 0 aliphatic carbocycles. The molecular formula is C39H43N3O2. The molecule has 5 rings (SSSR count). The summed E-state index contributed by atoms with van der Waals surface area (Å²) in [5.74, 6) is 1.07. The molecule has 0 radical (unpaired) electrons. The van der Waals surface area contributed by atoms with Gasteiger partial charge in [-0.3, -0.25) is 9.36 Å². The second-order valence-corrected chi connectivity index (χ2v) is 12.7. The zero-order valence-corrected chi connectivity index (χ0v) is 26.4. The molecule has 1 heterocycles. The molecule has 0 aliphatic heterocycles. The fourth-order valence-electron chi connectivity index (χ4n) is 5.66. The van der Waals surface area contributed by atoms with Gasteiger partial charge >= 0.3 is 5.69 Å². The quantitative estimate of drug-likeness (QED) is 0.151. The first-order valence-corrected chi connectivity index (χ1v) is 15.7. The molecule has 0 fully saturated rings. The Kier molecular flexibility index (Phi) is 9.74. The summed E-state index contributed by atoms with van der Waals surface area (Å²) in [5, 5.41) is 4.73. The third-order valence-corrected chi connectivity index (χ3v) is 8.19. The standard InChI is InChI=1S/C39H43N3O2/c1-5-41-37(40-42(38(41)44)28-31-19-23-35(24-20-31)39(2,3)4)16-10-13-29-17-21-33(22-18-29)34-15-9-14-32(25-34)27-36(43)26-30-11-7-6-8-12-30/h6-9,11-12,14-15,17-25H,5,10,13,16,26-28H2,1-4H3. The van der Waals surface area contributed by atoms with Gasteiger partial charge in [0, 0.05) is 25.8 Å². The normalized spacial score (nSPS) is 11.5. The number of aryl methyl sites for hydroxylation is 2. The van der Waals surface area contributed by atoms with Gasteiger partial charge in [-0.05, 0) is 64.1 Å². The highest BCUT2D eigenvalue weighted by molar-refractivity contribution is 5.83. The number of aromatic nitrogens is 3. The van der Waals surface area contributed by atoms with Gasteiger partial charge in [0.1, 0.15) is 11.6 Å². The summed E-state index contributed by atoms with van der Waals surface area (Å²) in [5.41, 5.74) is 8.02. The topological polar surface area (TPSA) is 56.9 Å². The molecule has 5 heteroatoms. The first kappa shape index (κ1) is 30.9. The lowest BCUT2D eigenvalue weighted by Gasteiger charge is -2.19. The van der Waals surface area contributed by atoms with Crippen LogP contribution in [0.1, 0.15) is 67.8 Å². The van der Waals surface area contributed by atoms with Gasteiger partial charge in [0.05, 0.1) is 6.54 Å². The van der Waals surface area contributed by atoms with Gasteiger partial charge in [0.2, 0.25) is 0 Å². The van der Waals surface area contributed by atoms with Gasteiger partial charge in [-0.2, -0.15) is 5.10 Å². The SMILES string of the molecule is CCn1c(CCCc2ccc(-c3cccc(CC(=O)Cc4ccccc4)c3)cc2)nn(Cc2ccc(C(C)(C)C)cc2)c1=O. The largest absolute Gasteiger partial charge is 0.346 e. The van der Waals surface area contributed by atoms with E-state index in [9.17, 15) is 9.59 Å². The van der Waals surface area contributed by atoms with E-state index in [1.807, 2.05) is 49.4 Å². The smallest absolute Gasteiger partial charge is 0.299 e. The van der Waals surface area contributed by atoms with Gasteiger partial charge in [-0.25, -0.2) is 9.48 Å². The fourth-order valence-corrected chi connectivity index (χ4v) is 5.66. The maximum Gasteiger partial charge on any atom is 0.346 e. The Morgan fingerprint density at radius 1 is 0.705 bits per heavy atom. The molecule has 0 bridgehead atoms. The first-order chi connectivity index (χ1) is 21.2. The molecule has 4 aromatic carbocycles. The van der Waals surface area contributed by atoms with Gasteiger partial charge in [-0.15, -0.1) is 0 Å². The van der Waals surface area contributed by atoms with E-state index in [1.165, 1.54) is 11.1 Å². The van der Waals surface area contributed by atoms with Crippen LogP contribution in [0.25, 0.3) is 11.1 Å². The number of hydrogen-bond donors (Lipinski definition) is 0. The third kappa shape index (κ3) is 7.90. The average molecular weight is 586 g/mol. The van der Waals surface area contributed by atoms with Crippen molar-refractivity contribution in [2.45, 2.75) is 78.3 Å². The number of ketones is 1. The van der Waals surface area contributed by atoms with E-state index in [-0.39, 0.29) is 16.9 Å². The zero-order valence-electron chi connectivity index (χ0n) is 26.4. The summed E-state index contributed by atoms with van der Waals surface area (Å²) < 4.78 is 3.40. The lowest BCUT2D eigenvalue weighted by molar-refractivity contribution is -0.117. The Morgan fingerprint density at radius 2 is 1.36 bits per heavy atom. The molecule has 44 heavy (non-hydrogen) atoms. The molecule has 1 aromatic heterocycles. The third-order valence-electron chi connectivity index (χ3n) is 8.19. The number of carbonyl (C=O) groups excluding carboxylic acids is 1. The summed E-state index contributed by atoms with van der Waals surface area (Å²) in [7, 11) is 0. The van der Waals surface area contributed by atoms with Crippen molar-refractivity contribution in [1.29, 1.82) is 0 Å². The van der Waals surface area contributed by atoms with Crippen molar-refractivity contribution >= 4 is 5.78 Å². The van der Waals surface area contributed by atoms with Crippen molar-refractivity contribution in [3.05, 3.63) is 147 Å². The van der Waals surface area contributed by atoms with Gasteiger partial charge in [0.15, 0.2) is 0 Å². The Labute approximate surface area is 261 Å². The van der Waals surface area contributed by atoms with Crippen molar-refractivity contribution in [2.75, 3.05) is 0 Å². The van der Waals surface area contributed by atoms with Crippen LogP contribution in [0.5, 0.6) is 0 Å². The lowest BCUT2D eigenvalue weighted by Crippen LogP contribution is -2.25. The van der Waals surface area contributed by atoms with Crippen LogP contribution in [0.15, 0.2) is 108 Å². The summed E-state index contributed by atoms with van der Waals surface area (Å²) in [6.45, 7) is 9.70. The van der Waals surface area contributed by atoms with Crippen LogP contribution < -0.4 is 5.69 Å². The molecule has 0 saturated heterocycles. The Morgan fingerprint density at radius 3 is 2.05 bits per heavy atom. The van der Waals surface area contributed by atoms with Crippen molar-refractivity contribution in [1.82, 2.24) is 14.3 Å². The predicted octanol–water partition coefficient (Wildman–Crippen LogP) is 7.61. The highest BCUT2D eigenvalue weighted by Crippen LogP contribution is 2.23. The lowest BCUT2D eigenvalue weighted by atomic mass is 9.87. The number of benzene rings is 4. The number of Topliss-reactive ketones (excluding diaryl/α,β-unsaturated/α-hetero) is 1. The van der Waals surface area contributed by atoms with Gasteiger partial charge in [-0.1, -0.05) is 124 Å². The minimum Gasteiger partial charge on any atom is -0.299 e. The molecule has 5 aromatic rings. The minimum absolute atomic E-state index is 0.0456. The highest BCUT2D eigenvalue weighted by atomic mass is 16.2. The summed E-state index contributed by atoms with van der Waals surface area (Å²) in [6.07, 6.45) is 3.46. The summed E-state index contributed by atoms with van der Waals surface area (Å²) in [6, 6.07) is 35.3. The van der Waals surface area contributed by atoms with Crippen LogP contribution in [0.4, 0.5) is 0 Å². The molecule has 0 N–H and O–H groups in total. The van der Waals surface area contributed by atoms with Gasteiger partial charge in [0.25, 0.3) is 0 Å². The molecule has 226 valence electrons. The summed E-state index contributed by atoms with van der Waals surface area (Å²) in [4.78, 5) is 25.7. The molecule has 0 amide bonds. The number of nitrogens with zero attached hydrogens (tertiary/aromatic N) is 3. The maximum absolute atomic E-state index is 13.1. The Bertz CT molecular complexity index is 1740. The van der Waals surface area contributed by atoms with Gasteiger partial charge < -0.3 is 0 Å². The predicted molar refractivity (Wildman–Crippen MR) is 179 cm³/mol. The van der Waals surface area contributed by atoms with Crippen LogP contribution in [-0.2, 0) is 49.0 Å². The van der Waals surface area contributed by atoms with E-state index in [2.05, 4.69) is 81.4 Å². The van der Waals surface area contributed by atoms with Crippen LogP contribution in [0.3, 0.4) is 0 Å². The number of carbonyl (C=O) groups is 1. The highest BCUT2D eigenvalue weighted by Gasteiger charge is 2.15. The molecule has 0 atom stereocenters. The molecule has 5 nitrogen and oxygen atoms in total. The molecule has 0 spiro atoms. The van der Waals surface area contributed by atoms with Crippen LogP contribution in [-0.4, -0.2) is 20.1 Å². The summed E-state index contributed by atoms with van der Waals surface area (Å²) >= 11 is 0. The van der Waals surface area contributed by atoms with Crippen molar-refractivity contribution in [3.63, 3.8) is 0 Å². The van der Waals surface area contributed by atoms with E-state index in [0.717, 1.165) is 52.9 Å². The maximum atomic E-state index is 13.1. The van der Waals surface area contributed by atoms with Crippen molar-refractivity contribution in [2.24, 2.45) is 0 Å².